The number of imidazole rings is 1. The zero-order chi connectivity index (χ0) is 14.0. The molecule has 0 saturated heterocycles. The second-order valence-electron chi connectivity index (χ2n) is 4.30. The molecule has 2 aromatic rings. The van der Waals surface area contributed by atoms with E-state index in [-0.39, 0.29) is 11.9 Å². The Balaban J connectivity index is 2.53. The molecular weight excluding hydrogens is 382 g/mol. The van der Waals surface area contributed by atoms with Gasteiger partial charge in [-0.1, -0.05) is 0 Å². The van der Waals surface area contributed by atoms with Crippen molar-refractivity contribution in [3.63, 3.8) is 0 Å². The Kier molecular flexibility index (Phi) is 5.03. The van der Waals surface area contributed by atoms with Crippen molar-refractivity contribution in [3.05, 3.63) is 27.3 Å². The van der Waals surface area contributed by atoms with Crippen LogP contribution in [-0.4, -0.2) is 22.8 Å². The van der Waals surface area contributed by atoms with Crippen LogP contribution in [0.15, 0.2) is 12.1 Å². The number of hydrogen-bond donors (Lipinski definition) is 0. The Labute approximate surface area is 130 Å². The lowest BCUT2D eigenvalue weighted by Gasteiger charge is -2.16. The van der Waals surface area contributed by atoms with Crippen molar-refractivity contribution in [1.29, 1.82) is 0 Å². The first-order chi connectivity index (χ1) is 9.08. The number of halogens is 3. The van der Waals surface area contributed by atoms with Crippen molar-refractivity contribution >= 4 is 45.2 Å². The second-order valence-corrected chi connectivity index (χ2v) is 5.72. The lowest BCUT2D eigenvalue weighted by atomic mass is 10.2. The minimum atomic E-state index is -0.237. The van der Waals surface area contributed by atoms with Crippen molar-refractivity contribution in [2.24, 2.45) is 0 Å². The lowest BCUT2D eigenvalue weighted by Crippen LogP contribution is -2.14. The van der Waals surface area contributed by atoms with Crippen molar-refractivity contribution in [2.45, 2.75) is 25.8 Å². The molecule has 1 aromatic heterocycles. The van der Waals surface area contributed by atoms with Crippen molar-refractivity contribution in [2.75, 3.05) is 13.2 Å². The number of alkyl halides is 1. The topological polar surface area (TPSA) is 27.1 Å². The Bertz CT molecular complexity index is 588. The van der Waals surface area contributed by atoms with E-state index in [2.05, 4.69) is 4.98 Å². The van der Waals surface area contributed by atoms with Gasteiger partial charge in [-0.25, -0.2) is 9.37 Å². The third-order valence-corrected chi connectivity index (χ3v) is 3.99. The summed E-state index contributed by atoms with van der Waals surface area (Å²) in [5.74, 6) is 0.799. The zero-order valence-corrected chi connectivity index (χ0v) is 13.7. The molecule has 19 heavy (non-hydrogen) atoms. The number of ether oxygens (including phenoxy) is 1. The molecule has 0 fully saturated rings. The van der Waals surface area contributed by atoms with Crippen LogP contribution in [0.1, 0.15) is 25.7 Å². The van der Waals surface area contributed by atoms with Crippen LogP contribution >= 0.6 is 34.2 Å². The molecule has 1 unspecified atom stereocenters. The maximum Gasteiger partial charge on any atom is 0.138 e. The van der Waals surface area contributed by atoms with Crippen molar-refractivity contribution in [1.82, 2.24) is 9.55 Å². The summed E-state index contributed by atoms with van der Waals surface area (Å²) < 4.78 is 21.7. The van der Waals surface area contributed by atoms with Crippen LogP contribution in [0.4, 0.5) is 4.39 Å². The zero-order valence-electron chi connectivity index (χ0n) is 10.8. The molecule has 1 aromatic carbocycles. The Hall–Kier alpha value is -0.400. The maximum absolute atomic E-state index is 13.7. The van der Waals surface area contributed by atoms with Gasteiger partial charge < -0.3 is 9.30 Å². The first-order valence-corrected chi connectivity index (χ1v) is 7.69. The largest absolute Gasteiger partial charge is 0.380 e. The number of hydrogen-bond acceptors (Lipinski definition) is 2. The number of benzene rings is 1. The van der Waals surface area contributed by atoms with Crippen LogP contribution in [0.2, 0.25) is 0 Å². The summed E-state index contributed by atoms with van der Waals surface area (Å²) in [6.45, 7) is 5.17. The van der Waals surface area contributed by atoms with Gasteiger partial charge in [-0.05, 0) is 42.5 Å². The molecule has 0 aliphatic carbocycles. The summed E-state index contributed by atoms with van der Waals surface area (Å²) in [7, 11) is 0. The van der Waals surface area contributed by atoms with E-state index in [0.717, 1.165) is 16.9 Å². The second kappa shape index (κ2) is 6.37. The molecule has 104 valence electrons. The summed E-state index contributed by atoms with van der Waals surface area (Å²) in [4.78, 5) is 4.47. The highest BCUT2D eigenvalue weighted by molar-refractivity contribution is 14.1. The van der Waals surface area contributed by atoms with Gasteiger partial charge in [-0.15, -0.1) is 11.6 Å². The molecule has 0 amide bonds. The fourth-order valence-electron chi connectivity index (χ4n) is 2.09. The molecule has 0 aliphatic heterocycles. The van der Waals surface area contributed by atoms with Crippen LogP contribution in [0.3, 0.4) is 0 Å². The van der Waals surface area contributed by atoms with E-state index in [4.69, 9.17) is 16.3 Å². The average Bonchev–Trinajstić information content (AvgIpc) is 2.74. The van der Waals surface area contributed by atoms with Gasteiger partial charge in [0.15, 0.2) is 0 Å². The lowest BCUT2D eigenvalue weighted by molar-refractivity contribution is 0.119. The normalized spacial score (nSPS) is 13.1. The van der Waals surface area contributed by atoms with Gasteiger partial charge in [-0.3, -0.25) is 0 Å². The smallest absolute Gasteiger partial charge is 0.138 e. The molecule has 1 atom stereocenters. The van der Waals surface area contributed by atoms with Gasteiger partial charge in [0, 0.05) is 12.7 Å². The Morgan fingerprint density at radius 2 is 2.26 bits per heavy atom. The number of aromatic nitrogens is 2. The summed E-state index contributed by atoms with van der Waals surface area (Å²) in [5, 5.41) is 0. The molecule has 2 rings (SSSR count). The van der Waals surface area contributed by atoms with E-state index in [9.17, 15) is 4.39 Å². The van der Waals surface area contributed by atoms with Gasteiger partial charge in [0.1, 0.15) is 11.6 Å². The molecule has 0 aliphatic rings. The summed E-state index contributed by atoms with van der Waals surface area (Å²) >= 11 is 7.91. The van der Waals surface area contributed by atoms with Gasteiger partial charge in [0.25, 0.3) is 0 Å². The van der Waals surface area contributed by atoms with Gasteiger partial charge in [0.05, 0.1) is 33.1 Å². The molecule has 6 heteroatoms. The predicted molar refractivity (Wildman–Crippen MR) is 83.2 cm³/mol. The summed E-state index contributed by atoms with van der Waals surface area (Å²) in [6.07, 6.45) is 0. The van der Waals surface area contributed by atoms with Gasteiger partial charge >= 0.3 is 0 Å². The van der Waals surface area contributed by atoms with Crippen molar-refractivity contribution in [3.8, 4) is 0 Å². The van der Waals surface area contributed by atoms with E-state index >= 15 is 0 Å². The van der Waals surface area contributed by atoms with Crippen LogP contribution in [0.25, 0.3) is 11.0 Å². The minimum Gasteiger partial charge on any atom is -0.380 e. The molecule has 0 saturated carbocycles. The molecule has 0 bridgehead atoms. The van der Waals surface area contributed by atoms with E-state index in [1.54, 1.807) is 6.07 Å². The standard InChI is InChI=1S/C13H15ClFIN2O/c1-3-19-7-8(2)18-12-4-9(15)10(16)5-11(12)17-13(18)6-14/h4-5,8H,3,6-7H2,1-2H3. The van der Waals surface area contributed by atoms with E-state index in [1.807, 2.05) is 41.0 Å². The van der Waals surface area contributed by atoms with Gasteiger partial charge in [-0.2, -0.15) is 0 Å². The van der Waals surface area contributed by atoms with Crippen LogP contribution in [0.5, 0.6) is 0 Å². The van der Waals surface area contributed by atoms with E-state index in [1.165, 1.54) is 6.07 Å². The average molecular weight is 397 g/mol. The third kappa shape index (κ3) is 3.03. The third-order valence-electron chi connectivity index (χ3n) is 2.93. The van der Waals surface area contributed by atoms with Crippen LogP contribution in [0, 0.1) is 9.39 Å². The summed E-state index contributed by atoms with van der Waals surface area (Å²) in [6, 6.07) is 3.33. The molecule has 1 heterocycles. The number of rotatable bonds is 5. The van der Waals surface area contributed by atoms with Gasteiger partial charge in [0.2, 0.25) is 0 Å². The Morgan fingerprint density at radius 1 is 1.53 bits per heavy atom. The number of fused-ring (bicyclic) bond motifs is 1. The Morgan fingerprint density at radius 3 is 2.89 bits per heavy atom. The highest BCUT2D eigenvalue weighted by Crippen LogP contribution is 2.26. The molecule has 0 N–H and O–H groups in total. The highest BCUT2D eigenvalue weighted by atomic mass is 127. The van der Waals surface area contributed by atoms with E-state index < -0.39 is 0 Å². The predicted octanol–water partition coefficient (Wildman–Crippen LogP) is 4.12. The molecular formula is C13H15ClFIN2O. The molecule has 0 spiro atoms. The first kappa shape index (κ1) is 15.0. The monoisotopic (exact) mass is 396 g/mol. The highest BCUT2D eigenvalue weighted by Gasteiger charge is 2.17. The van der Waals surface area contributed by atoms with Crippen LogP contribution in [-0.2, 0) is 10.6 Å². The summed E-state index contributed by atoms with van der Waals surface area (Å²) in [5.41, 5.74) is 1.53. The number of nitrogens with zero attached hydrogens (tertiary/aromatic N) is 2. The first-order valence-electron chi connectivity index (χ1n) is 6.08. The molecule has 3 nitrogen and oxygen atoms in total. The minimum absolute atomic E-state index is 0.0677. The fourth-order valence-corrected chi connectivity index (χ4v) is 2.73. The quantitative estimate of drug-likeness (QED) is 0.562. The fraction of sp³-hybridized carbons (Fsp3) is 0.462. The van der Waals surface area contributed by atoms with E-state index in [0.29, 0.717) is 22.7 Å². The van der Waals surface area contributed by atoms with Crippen molar-refractivity contribution < 1.29 is 9.13 Å². The molecule has 0 radical (unpaired) electrons. The maximum atomic E-state index is 13.7. The van der Waals surface area contributed by atoms with Crippen LogP contribution < -0.4 is 0 Å². The SMILES string of the molecule is CCOCC(C)n1c(CCl)nc2cc(I)c(F)cc21.